The van der Waals surface area contributed by atoms with Gasteiger partial charge in [-0.3, -0.25) is 9.80 Å². The number of nitrogens with zero attached hydrogens (tertiary/aromatic N) is 2. The van der Waals surface area contributed by atoms with Crippen LogP contribution >= 0.6 is 0 Å². The Bertz CT molecular complexity index is 996. The van der Waals surface area contributed by atoms with E-state index in [1.807, 2.05) is 37.3 Å². The minimum absolute atomic E-state index is 0.280. The van der Waals surface area contributed by atoms with Gasteiger partial charge in [-0.2, -0.15) is 0 Å². The molecule has 0 unspecified atom stereocenters. The summed E-state index contributed by atoms with van der Waals surface area (Å²) in [6.07, 6.45) is 0. The Balaban J connectivity index is 1.50. The number of benzene rings is 2. The third-order valence-electron chi connectivity index (χ3n) is 6.16. The van der Waals surface area contributed by atoms with Crippen molar-refractivity contribution in [1.29, 1.82) is 0 Å². The van der Waals surface area contributed by atoms with Crippen molar-refractivity contribution in [1.82, 2.24) is 20.4 Å². The van der Waals surface area contributed by atoms with E-state index in [1.54, 1.807) is 6.92 Å². The highest BCUT2D eigenvalue weighted by Crippen LogP contribution is 2.28. The largest absolute Gasteiger partial charge is 0.463 e. The Morgan fingerprint density at radius 2 is 1.61 bits per heavy atom. The van der Waals surface area contributed by atoms with Crippen LogP contribution in [0.25, 0.3) is 0 Å². The zero-order valence-corrected chi connectivity index (χ0v) is 19.3. The minimum Gasteiger partial charge on any atom is -0.463 e. The number of aryl methyl sites for hydroxylation is 1. The maximum absolute atomic E-state index is 13.0. The van der Waals surface area contributed by atoms with E-state index in [9.17, 15) is 9.59 Å². The van der Waals surface area contributed by atoms with E-state index in [-0.39, 0.29) is 12.6 Å². The average Bonchev–Trinajstić information content (AvgIpc) is 2.81. The van der Waals surface area contributed by atoms with Crippen LogP contribution in [0.1, 0.15) is 29.7 Å². The first kappa shape index (κ1) is 23.0. The van der Waals surface area contributed by atoms with Crippen LogP contribution in [-0.4, -0.2) is 61.1 Å². The fourth-order valence-corrected chi connectivity index (χ4v) is 4.37. The summed E-state index contributed by atoms with van der Waals surface area (Å²) in [5.41, 5.74) is 4.40. The maximum Gasteiger partial charge on any atom is 0.338 e. The van der Waals surface area contributed by atoms with Crippen LogP contribution in [0.2, 0.25) is 0 Å². The van der Waals surface area contributed by atoms with Crippen molar-refractivity contribution in [3.8, 4) is 0 Å². The van der Waals surface area contributed by atoms with Gasteiger partial charge in [-0.25, -0.2) is 9.59 Å². The van der Waals surface area contributed by atoms with Gasteiger partial charge in [0.1, 0.15) is 0 Å². The molecule has 7 nitrogen and oxygen atoms in total. The molecule has 7 heteroatoms. The molecule has 174 valence electrons. The number of hydrogen-bond donors (Lipinski definition) is 2. The molecule has 0 bridgehead atoms. The van der Waals surface area contributed by atoms with Crippen LogP contribution in [0.3, 0.4) is 0 Å². The van der Waals surface area contributed by atoms with Gasteiger partial charge in [0.25, 0.3) is 0 Å². The van der Waals surface area contributed by atoms with E-state index < -0.39 is 12.0 Å². The molecule has 0 aromatic heterocycles. The molecular formula is C26H32N4O3. The highest BCUT2D eigenvalue weighted by molar-refractivity contribution is 5.95. The Morgan fingerprint density at radius 1 is 0.970 bits per heavy atom. The van der Waals surface area contributed by atoms with Gasteiger partial charge >= 0.3 is 12.0 Å². The number of amides is 2. The molecule has 2 aromatic carbocycles. The fourth-order valence-electron chi connectivity index (χ4n) is 4.37. The molecule has 0 saturated carbocycles. The van der Waals surface area contributed by atoms with E-state index in [0.29, 0.717) is 17.8 Å². The smallest absolute Gasteiger partial charge is 0.338 e. The van der Waals surface area contributed by atoms with E-state index >= 15 is 0 Å². The number of nitrogens with one attached hydrogen (secondary N) is 2. The molecule has 2 aliphatic rings. The molecule has 0 spiro atoms. The number of ether oxygens (including phenoxy) is 1. The number of rotatable bonds is 7. The molecule has 2 aromatic rings. The summed E-state index contributed by atoms with van der Waals surface area (Å²) in [5, 5.41) is 5.80. The van der Waals surface area contributed by atoms with E-state index in [0.717, 1.165) is 43.9 Å². The van der Waals surface area contributed by atoms with Crippen molar-refractivity contribution < 1.29 is 14.3 Å². The lowest BCUT2D eigenvalue weighted by molar-refractivity contribution is -0.139. The van der Waals surface area contributed by atoms with Crippen molar-refractivity contribution in [3.63, 3.8) is 0 Å². The number of hydrogen-bond acceptors (Lipinski definition) is 5. The first-order valence-electron chi connectivity index (χ1n) is 11.6. The quantitative estimate of drug-likeness (QED) is 0.637. The third-order valence-corrected chi connectivity index (χ3v) is 6.16. The number of carbonyl (C=O) groups excluding carboxylic acids is 2. The molecule has 0 aliphatic carbocycles. The lowest BCUT2D eigenvalue weighted by Crippen LogP contribution is -2.51. The normalized spacial score (nSPS) is 19.7. The summed E-state index contributed by atoms with van der Waals surface area (Å²) in [6, 6.07) is 17.5. The third kappa shape index (κ3) is 5.80. The highest BCUT2D eigenvalue weighted by atomic mass is 16.5. The zero-order chi connectivity index (χ0) is 23.2. The summed E-state index contributed by atoms with van der Waals surface area (Å²) >= 11 is 0. The zero-order valence-electron chi connectivity index (χ0n) is 19.3. The van der Waals surface area contributed by atoms with Crippen LogP contribution in [0.4, 0.5) is 4.79 Å². The Labute approximate surface area is 195 Å². The maximum atomic E-state index is 13.0. The van der Waals surface area contributed by atoms with Crippen molar-refractivity contribution in [3.05, 3.63) is 82.6 Å². The van der Waals surface area contributed by atoms with Crippen LogP contribution in [0.5, 0.6) is 0 Å². The van der Waals surface area contributed by atoms with Crippen LogP contribution in [-0.2, 0) is 16.1 Å². The Kier molecular flexibility index (Phi) is 7.42. The topological polar surface area (TPSA) is 73.9 Å². The SMILES string of the molecule is CCOC(=O)C1=C(CN2CCN(Cc3ccccc3)CC2)NC(=O)N[C@@H]1c1ccc(C)cc1. The Morgan fingerprint density at radius 3 is 2.24 bits per heavy atom. The molecule has 2 aliphatic heterocycles. The first-order valence-corrected chi connectivity index (χ1v) is 11.6. The molecule has 2 amide bonds. The van der Waals surface area contributed by atoms with Crippen molar-refractivity contribution >= 4 is 12.0 Å². The number of piperazine rings is 1. The fraction of sp³-hybridized carbons (Fsp3) is 0.385. The standard InChI is InChI=1S/C26H32N4O3/c1-3-33-25(31)23-22(27-26(32)28-24(23)21-11-9-19(2)10-12-21)18-30-15-13-29(14-16-30)17-20-7-5-4-6-8-20/h4-12,24H,3,13-18H2,1-2H3,(H2,27,28,32)/t24-/m1/s1. The van der Waals surface area contributed by atoms with Crippen LogP contribution in [0.15, 0.2) is 65.9 Å². The van der Waals surface area contributed by atoms with E-state index in [1.165, 1.54) is 5.56 Å². The lowest BCUT2D eigenvalue weighted by Gasteiger charge is -2.37. The van der Waals surface area contributed by atoms with E-state index in [4.69, 9.17) is 4.74 Å². The summed E-state index contributed by atoms with van der Waals surface area (Å²) in [5.74, 6) is -0.395. The number of esters is 1. The highest BCUT2D eigenvalue weighted by Gasteiger charge is 2.34. The summed E-state index contributed by atoms with van der Waals surface area (Å²) in [6.45, 7) is 9.12. The number of urea groups is 1. The molecule has 4 rings (SSSR count). The molecule has 33 heavy (non-hydrogen) atoms. The van der Waals surface area contributed by atoms with Gasteiger partial charge in [-0.15, -0.1) is 0 Å². The second kappa shape index (κ2) is 10.6. The summed E-state index contributed by atoms with van der Waals surface area (Å²) in [7, 11) is 0. The second-order valence-corrected chi connectivity index (χ2v) is 8.59. The average molecular weight is 449 g/mol. The van der Waals surface area contributed by atoms with Gasteiger partial charge in [0, 0.05) is 45.0 Å². The predicted molar refractivity (Wildman–Crippen MR) is 127 cm³/mol. The minimum atomic E-state index is -0.534. The molecule has 1 atom stereocenters. The Hall–Kier alpha value is -3.16. The van der Waals surface area contributed by atoms with Gasteiger partial charge < -0.3 is 15.4 Å². The molecule has 2 heterocycles. The van der Waals surface area contributed by atoms with Gasteiger partial charge in [-0.05, 0) is 25.0 Å². The first-order chi connectivity index (χ1) is 16.0. The second-order valence-electron chi connectivity index (χ2n) is 8.59. The van der Waals surface area contributed by atoms with Gasteiger partial charge in [0.05, 0.1) is 18.2 Å². The molecular weight excluding hydrogens is 416 g/mol. The summed E-state index contributed by atoms with van der Waals surface area (Å²) < 4.78 is 5.38. The predicted octanol–water partition coefficient (Wildman–Crippen LogP) is 2.98. The van der Waals surface area contributed by atoms with Gasteiger partial charge in [0.2, 0.25) is 0 Å². The molecule has 0 radical (unpaired) electrons. The van der Waals surface area contributed by atoms with Crippen molar-refractivity contribution in [2.24, 2.45) is 0 Å². The van der Waals surface area contributed by atoms with Gasteiger partial charge in [0.15, 0.2) is 0 Å². The molecule has 1 fully saturated rings. The van der Waals surface area contributed by atoms with Gasteiger partial charge in [-0.1, -0.05) is 60.2 Å². The van der Waals surface area contributed by atoms with E-state index in [2.05, 4.69) is 44.7 Å². The van der Waals surface area contributed by atoms with Crippen LogP contribution in [0, 0.1) is 6.92 Å². The van der Waals surface area contributed by atoms with Crippen molar-refractivity contribution in [2.45, 2.75) is 26.4 Å². The monoisotopic (exact) mass is 448 g/mol. The van der Waals surface area contributed by atoms with Crippen molar-refractivity contribution in [2.75, 3.05) is 39.3 Å². The van der Waals surface area contributed by atoms with Crippen LogP contribution < -0.4 is 10.6 Å². The molecule has 1 saturated heterocycles. The lowest BCUT2D eigenvalue weighted by atomic mass is 9.94. The molecule has 2 N–H and O–H groups in total. The summed E-state index contributed by atoms with van der Waals surface area (Å²) in [4.78, 5) is 30.2. The number of carbonyl (C=O) groups is 2.